The minimum atomic E-state index is -0.0373. The number of hydrogen-bond acceptors (Lipinski definition) is 4. The van der Waals surface area contributed by atoms with Crippen LogP contribution in [-0.4, -0.2) is 18.5 Å². The monoisotopic (exact) mass is 282 g/mol. The largest absolute Gasteiger partial charge is 0.376 e. The third-order valence-electron chi connectivity index (χ3n) is 3.68. The lowest BCUT2D eigenvalue weighted by atomic mass is 9.95. The van der Waals surface area contributed by atoms with E-state index < -0.39 is 0 Å². The van der Waals surface area contributed by atoms with E-state index in [1.807, 2.05) is 12.1 Å². The Labute approximate surface area is 124 Å². The van der Waals surface area contributed by atoms with Crippen molar-refractivity contribution in [1.29, 1.82) is 10.5 Å². The first-order valence-electron chi connectivity index (χ1n) is 7.20. The smallest absolute Gasteiger partial charge is 0.239 e. The van der Waals surface area contributed by atoms with Gasteiger partial charge in [-0.2, -0.15) is 10.5 Å². The minimum Gasteiger partial charge on any atom is -0.376 e. The lowest BCUT2D eigenvalue weighted by Gasteiger charge is -2.22. The molecule has 0 bridgehead atoms. The summed E-state index contributed by atoms with van der Waals surface area (Å²) in [6.45, 7) is 0.174. The van der Waals surface area contributed by atoms with Crippen molar-refractivity contribution in [1.82, 2.24) is 5.32 Å². The Hall–Kier alpha value is -2.53. The molecule has 1 aromatic carbocycles. The third-order valence-corrected chi connectivity index (χ3v) is 3.68. The van der Waals surface area contributed by atoms with E-state index in [-0.39, 0.29) is 12.5 Å². The number of benzene rings is 1. The van der Waals surface area contributed by atoms with Gasteiger partial charge in [-0.3, -0.25) is 4.79 Å². The molecule has 0 aromatic heterocycles. The fourth-order valence-corrected chi connectivity index (χ4v) is 2.55. The van der Waals surface area contributed by atoms with Crippen LogP contribution in [0.5, 0.6) is 0 Å². The number of hydrogen-bond donors (Lipinski definition) is 2. The summed E-state index contributed by atoms with van der Waals surface area (Å²) in [5.41, 5.74) is 1.33. The van der Waals surface area contributed by atoms with Gasteiger partial charge in [-0.05, 0) is 31.0 Å². The zero-order valence-electron chi connectivity index (χ0n) is 11.9. The lowest BCUT2D eigenvalue weighted by molar-refractivity contribution is -0.120. The summed E-state index contributed by atoms with van der Waals surface area (Å²) >= 11 is 0. The van der Waals surface area contributed by atoms with E-state index in [1.54, 1.807) is 18.2 Å². The van der Waals surface area contributed by atoms with Crippen LogP contribution >= 0.6 is 0 Å². The zero-order chi connectivity index (χ0) is 15.1. The van der Waals surface area contributed by atoms with E-state index in [0.717, 1.165) is 12.8 Å². The van der Waals surface area contributed by atoms with Gasteiger partial charge in [-0.15, -0.1) is 0 Å². The highest BCUT2D eigenvalue weighted by molar-refractivity contribution is 5.81. The summed E-state index contributed by atoms with van der Waals surface area (Å²) in [6.07, 6.45) is 5.73. The number of nitrogens with zero attached hydrogens (tertiary/aromatic N) is 2. The molecule has 2 N–H and O–H groups in total. The highest BCUT2D eigenvalue weighted by Gasteiger charge is 2.15. The van der Waals surface area contributed by atoms with Crippen LogP contribution in [0, 0.1) is 22.7 Å². The van der Waals surface area contributed by atoms with Crippen molar-refractivity contribution in [3.05, 3.63) is 29.3 Å². The number of anilines is 1. The van der Waals surface area contributed by atoms with Crippen molar-refractivity contribution in [2.24, 2.45) is 0 Å². The molecule has 0 atom stereocenters. The molecule has 0 aliphatic heterocycles. The predicted octanol–water partition coefficient (Wildman–Crippen LogP) is 2.29. The number of carbonyl (C=O) groups is 1. The molecule has 5 heteroatoms. The van der Waals surface area contributed by atoms with Gasteiger partial charge in [-0.25, -0.2) is 0 Å². The quantitative estimate of drug-likeness (QED) is 0.886. The average molecular weight is 282 g/mol. The Morgan fingerprint density at radius 1 is 1.14 bits per heavy atom. The van der Waals surface area contributed by atoms with Crippen molar-refractivity contribution >= 4 is 11.6 Å². The molecule has 0 heterocycles. The average Bonchev–Trinajstić information content (AvgIpc) is 2.53. The molecular weight excluding hydrogens is 264 g/mol. The van der Waals surface area contributed by atoms with E-state index in [4.69, 9.17) is 10.5 Å². The molecule has 0 unspecified atom stereocenters. The zero-order valence-corrected chi connectivity index (χ0v) is 11.9. The van der Waals surface area contributed by atoms with Gasteiger partial charge in [0, 0.05) is 11.7 Å². The van der Waals surface area contributed by atoms with E-state index >= 15 is 0 Å². The molecule has 1 aromatic rings. The Bertz CT molecular complexity index is 591. The van der Waals surface area contributed by atoms with Gasteiger partial charge in [0.05, 0.1) is 17.7 Å². The second-order valence-electron chi connectivity index (χ2n) is 5.24. The van der Waals surface area contributed by atoms with Gasteiger partial charge in [0.15, 0.2) is 0 Å². The van der Waals surface area contributed by atoms with Crippen molar-refractivity contribution in [2.45, 2.75) is 38.1 Å². The molecule has 108 valence electrons. The molecule has 5 nitrogen and oxygen atoms in total. The Kier molecular flexibility index (Phi) is 5.17. The molecule has 1 aliphatic rings. The maximum atomic E-state index is 11.9. The summed E-state index contributed by atoms with van der Waals surface area (Å²) in [7, 11) is 0. The minimum absolute atomic E-state index is 0.0373. The van der Waals surface area contributed by atoms with Crippen LogP contribution in [0.2, 0.25) is 0 Å². The topological polar surface area (TPSA) is 88.7 Å². The van der Waals surface area contributed by atoms with Gasteiger partial charge in [-0.1, -0.05) is 19.3 Å². The first-order valence-corrected chi connectivity index (χ1v) is 7.20. The SMILES string of the molecule is N#Cc1ccc(NCC(=O)NC2CCCCC2)cc1C#N. The summed E-state index contributed by atoms with van der Waals surface area (Å²) in [5.74, 6) is -0.0373. The Morgan fingerprint density at radius 3 is 2.52 bits per heavy atom. The van der Waals surface area contributed by atoms with Gasteiger partial charge < -0.3 is 10.6 Å². The van der Waals surface area contributed by atoms with Crippen LogP contribution < -0.4 is 10.6 Å². The van der Waals surface area contributed by atoms with Gasteiger partial charge in [0.2, 0.25) is 5.91 Å². The third kappa shape index (κ3) is 4.22. The normalized spacial score (nSPS) is 14.8. The fourth-order valence-electron chi connectivity index (χ4n) is 2.55. The van der Waals surface area contributed by atoms with E-state index in [2.05, 4.69) is 10.6 Å². The van der Waals surface area contributed by atoms with Gasteiger partial charge in [0.1, 0.15) is 12.1 Å². The number of nitrogens with one attached hydrogen (secondary N) is 2. The van der Waals surface area contributed by atoms with Crippen molar-refractivity contribution < 1.29 is 4.79 Å². The van der Waals surface area contributed by atoms with E-state index in [9.17, 15) is 4.79 Å². The predicted molar refractivity (Wildman–Crippen MR) is 79.4 cm³/mol. The summed E-state index contributed by atoms with van der Waals surface area (Å²) in [5, 5.41) is 23.8. The number of amides is 1. The molecule has 1 amide bonds. The Balaban J connectivity index is 1.86. The first-order chi connectivity index (χ1) is 10.2. The van der Waals surface area contributed by atoms with Crippen LogP contribution in [0.15, 0.2) is 18.2 Å². The molecule has 21 heavy (non-hydrogen) atoms. The molecule has 2 rings (SSSR count). The summed E-state index contributed by atoms with van der Waals surface area (Å²) in [6, 6.07) is 9.11. The standard InChI is InChI=1S/C16H18N4O/c17-9-12-6-7-15(8-13(12)10-18)19-11-16(21)20-14-4-2-1-3-5-14/h6-8,14,19H,1-5,11H2,(H,20,21). The van der Waals surface area contributed by atoms with Crippen molar-refractivity contribution in [2.75, 3.05) is 11.9 Å². The highest BCUT2D eigenvalue weighted by atomic mass is 16.1. The molecule has 0 saturated heterocycles. The number of nitriles is 2. The molecule has 1 saturated carbocycles. The second kappa shape index (κ2) is 7.31. The Morgan fingerprint density at radius 2 is 1.86 bits per heavy atom. The van der Waals surface area contributed by atoms with Crippen LogP contribution in [0.1, 0.15) is 43.2 Å². The molecule has 0 radical (unpaired) electrons. The first kappa shape index (κ1) is 14.9. The molecular formula is C16H18N4O. The van der Waals surface area contributed by atoms with Gasteiger partial charge >= 0.3 is 0 Å². The number of rotatable bonds is 4. The summed E-state index contributed by atoms with van der Waals surface area (Å²) < 4.78 is 0. The van der Waals surface area contributed by atoms with Crippen molar-refractivity contribution in [3.63, 3.8) is 0 Å². The molecule has 0 spiro atoms. The van der Waals surface area contributed by atoms with E-state index in [1.165, 1.54) is 19.3 Å². The van der Waals surface area contributed by atoms with E-state index in [0.29, 0.717) is 22.9 Å². The molecule has 1 aliphatic carbocycles. The fraction of sp³-hybridized carbons (Fsp3) is 0.438. The van der Waals surface area contributed by atoms with Crippen LogP contribution in [0.4, 0.5) is 5.69 Å². The second-order valence-corrected chi connectivity index (χ2v) is 5.24. The maximum absolute atomic E-state index is 11.9. The lowest BCUT2D eigenvalue weighted by Crippen LogP contribution is -2.39. The van der Waals surface area contributed by atoms with Crippen LogP contribution in [0.25, 0.3) is 0 Å². The van der Waals surface area contributed by atoms with Gasteiger partial charge in [0.25, 0.3) is 0 Å². The number of carbonyl (C=O) groups excluding carboxylic acids is 1. The van der Waals surface area contributed by atoms with Crippen LogP contribution in [-0.2, 0) is 4.79 Å². The van der Waals surface area contributed by atoms with Crippen LogP contribution in [0.3, 0.4) is 0 Å². The van der Waals surface area contributed by atoms with Crippen molar-refractivity contribution in [3.8, 4) is 12.1 Å². The highest BCUT2D eigenvalue weighted by Crippen LogP contribution is 2.17. The summed E-state index contributed by atoms with van der Waals surface area (Å²) in [4.78, 5) is 11.9. The molecule has 1 fully saturated rings. The maximum Gasteiger partial charge on any atom is 0.239 e.